The van der Waals surface area contributed by atoms with Gasteiger partial charge in [0.15, 0.2) is 0 Å². The highest BCUT2D eigenvalue weighted by molar-refractivity contribution is 5.38. The molecular formula is C30H50O4. The van der Waals surface area contributed by atoms with Crippen molar-refractivity contribution in [1.29, 1.82) is 0 Å². The van der Waals surface area contributed by atoms with E-state index in [1.165, 1.54) is 25.7 Å². The predicted molar refractivity (Wildman–Crippen MR) is 140 cm³/mol. The molecule has 0 aromatic heterocycles. The average Bonchev–Trinajstić information content (AvgIpc) is 3.15. The first-order valence-corrected chi connectivity index (χ1v) is 13.5. The zero-order chi connectivity index (χ0) is 25.3. The quantitative estimate of drug-likeness (QED) is 0.438. The maximum absolute atomic E-state index is 10.2. The molecule has 194 valence electrons. The van der Waals surface area contributed by atoms with Gasteiger partial charge in [-0.05, 0) is 99.0 Å². The first-order valence-electron chi connectivity index (χ1n) is 13.5. The second-order valence-corrected chi connectivity index (χ2v) is 12.2. The van der Waals surface area contributed by atoms with Crippen LogP contribution < -0.4 is 0 Å². The fourth-order valence-corrected chi connectivity index (χ4v) is 7.23. The van der Waals surface area contributed by atoms with Gasteiger partial charge in [-0.3, -0.25) is 0 Å². The summed E-state index contributed by atoms with van der Waals surface area (Å²) in [6.07, 6.45) is 11.7. The Morgan fingerprint density at radius 1 is 1.18 bits per heavy atom. The summed E-state index contributed by atoms with van der Waals surface area (Å²) in [6.45, 7) is 15.6. The second-order valence-electron chi connectivity index (χ2n) is 12.2. The van der Waals surface area contributed by atoms with Crippen molar-refractivity contribution in [3.8, 4) is 0 Å². The lowest BCUT2D eigenvalue weighted by atomic mass is 9.60. The number of rotatable bonds is 8. The van der Waals surface area contributed by atoms with E-state index in [4.69, 9.17) is 9.47 Å². The highest BCUT2D eigenvalue weighted by Crippen LogP contribution is 2.60. The molecule has 0 heterocycles. The Morgan fingerprint density at radius 2 is 1.88 bits per heavy atom. The van der Waals surface area contributed by atoms with Gasteiger partial charge in [-0.2, -0.15) is 0 Å². The molecule has 3 rings (SSSR count). The number of allylic oxidation sites excluding steroid dienone is 3. The molecule has 3 aliphatic carbocycles. The van der Waals surface area contributed by atoms with Crippen molar-refractivity contribution in [1.82, 2.24) is 0 Å². The minimum absolute atomic E-state index is 0.156. The van der Waals surface area contributed by atoms with Gasteiger partial charge in [0.2, 0.25) is 0 Å². The van der Waals surface area contributed by atoms with E-state index in [2.05, 4.69) is 53.3 Å². The van der Waals surface area contributed by atoms with E-state index in [0.717, 1.165) is 24.0 Å². The van der Waals surface area contributed by atoms with Crippen LogP contribution in [-0.4, -0.2) is 48.3 Å². The van der Waals surface area contributed by atoms with Crippen LogP contribution in [0.1, 0.15) is 86.0 Å². The summed E-state index contributed by atoms with van der Waals surface area (Å²) in [5, 5.41) is 20.3. The van der Waals surface area contributed by atoms with Crippen LogP contribution in [0.4, 0.5) is 0 Å². The summed E-state index contributed by atoms with van der Waals surface area (Å²) in [5.74, 6) is 2.15. The van der Waals surface area contributed by atoms with E-state index in [-0.39, 0.29) is 11.7 Å². The Kier molecular flexibility index (Phi) is 8.93. The number of hydrogen-bond acceptors (Lipinski definition) is 4. The van der Waals surface area contributed by atoms with Crippen molar-refractivity contribution in [2.75, 3.05) is 14.2 Å². The number of aliphatic hydroxyl groups is 2. The lowest BCUT2D eigenvalue weighted by Gasteiger charge is -2.46. The highest BCUT2D eigenvalue weighted by Gasteiger charge is 2.52. The third kappa shape index (κ3) is 5.56. The molecule has 1 unspecified atom stereocenters. The maximum atomic E-state index is 10.2. The molecule has 8 atom stereocenters. The second kappa shape index (κ2) is 11.0. The van der Waals surface area contributed by atoms with Gasteiger partial charge in [0.25, 0.3) is 0 Å². The first-order chi connectivity index (χ1) is 15.9. The highest BCUT2D eigenvalue weighted by atomic mass is 16.5. The van der Waals surface area contributed by atoms with E-state index in [9.17, 15) is 10.2 Å². The lowest BCUT2D eigenvalue weighted by Crippen LogP contribution is -2.42. The fraction of sp³-hybridized carbons (Fsp3) is 0.800. The minimum atomic E-state index is -0.627. The van der Waals surface area contributed by atoms with Gasteiger partial charge in [-0.25, -0.2) is 0 Å². The third-order valence-electron chi connectivity index (χ3n) is 10.1. The van der Waals surface area contributed by atoms with Crippen molar-refractivity contribution >= 4 is 0 Å². The van der Waals surface area contributed by atoms with Gasteiger partial charge in [-0.15, -0.1) is 0 Å². The van der Waals surface area contributed by atoms with Gasteiger partial charge in [0, 0.05) is 20.6 Å². The van der Waals surface area contributed by atoms with Crippen LogP contribution in [0.25, 0.3) is 0 Å². The first kappa shape index (κ1) is 27.6. The summed E-state index contributed by atoms with van der Waals surface area (Å²) in [6, 6.07) is 0. The van der Waals surface area contributed by atoms with Gasteiger partial charge >= 0.3 is 0 Å². The van der Waals surface area contributed by atoms with Gasteiger partial charge in [-0.1, -0.05) is 45.1 Å². The Balaban J connectivity index is 1.77. The van der Waals surface area contributed by atoms with E-state index in [1.807, 2.05) is 7.11 Å². The van der Waals surface area contributed by atoms with Crippen molar-refractivity contribution in [2.24, 2.45) is 29.1 Å². The van der Waals surface area contributed by atoms with E-state index in [1.54, 1.807) is 12.7 Å². The van der Waals surface area contributed by atoms with Crippen LogP contribution in [0.15, 0.2) is 35.5 Å². The molecule has 34 heavy (non-hydrogen) atoms. The smallest absolute Gasteiger partial charge is 0.0811 e. The standard InChI is InChI=1S/C30H50O4/c1-19(29(4,5)34-8)16-28(33-7)21(3)25-13-14-26-22(10-9-15-30(25,26)6)11-12-23-17-24(31)18-27(32)20(23)2/h11-12,19,21,24-28,31-32H,2,9-10,13-18H2,1,3-8H3/b22-11+,23-12-/t19-,21+,24-,25-,26+,27+,28?,30-/m1/s1. The molecule has 4 heteroatoms. The molecule has 0 aliphatic heterocycles. The van der Waals surface area contributed by atoms with Gasteiger partial charge in [0.05, 0.1) is 23.9 Å². The van der Waals surface area contributed by atoms with Crippen LogP contribution in [0, 0.1) is 29.1 Å². The van der Waals surface area contributed by atoms with Crippen LogP contribution in [0.5, 0.6) is 0 Å². The lowest BCUT2D eigenvalue weighted by molar-refractivity contribution is -0.0637. The maximum Gasteiger partial charge on any atom is 0.0811 e. The fourth-order valence-electron chi connectivity index (χ4n) is 7.23. The Hall–Kier alpha value is -0.940. The topological polar surface area (TPSA) is 58.9 Å². The van der Waals surface area contributed by atoms with Gasteiger partial charge < -0.3 is 19.7 Å². The van der Waals surface area contributed by atoms with Crippen LogP contribution in [0.2, 0.25) is 0 Å². The summed E-state index contributed by atoms with van der Waals surface area (Å²) < 4.78 is 11.9. The zero-order valence-electron chi connectivity index (χ0n) is 22.8. The summed E-state index contributed by atoms with van der Waals surface area (Å²) in [7, 11) is 3.68. The molecule has 3 saturated carbocycles. The summed E-state index contributed by atoms with van der Waals surface area (Å²) in [4.78, 5) is 0. The minimum Gasteiger partial charge on any atom is -0.393 e. The van der Waals surface area contributed by atoms with E-state index >= 15 is 0 Å². The SMILES string of the molecule is C=C1/C(=C\C=C2/CCC[C@]3(C)[C@@H]([C@H](C)C(C[C@@H](C)C(C)(C)OC)OC)CC[C@@H]23)C[C@@H](O)C[C@@H]1O. The van der Waals surface area contributed by atoms with Crippen molar-refractivity contribution in [3.63, 3.8) is 0 Å². The van der Waals surface area contributed by atoms with Crippen molar-refractivity contribution in [3.05, 3.63) is 35.5 Å². The number of fused-ring (bicyclic) bond motifs is 1. The zero-order valence-corrected chi connectivity index (χ0v) is 22.8. The molecule has 4 nitrogen and oxygen atoms in total. The molecule has 0 radical (unpaired) electrons. The average molecular weight is 475 g/mol. The van der Waals surface area contributed by atoms with Crippen LogP contribution in [-0.2, 0) is 9.47 Å². The number of aliphatic hydroxyl groups excluding tert-OH is 2. The Morgan fingerprint density at radius 3 is 2.53 bits per heavy atom. The summed E-state index contributed by atoms with van der Waals surface area (Å²) in [5.41, 5.74) is 3.46. The Labute approximate surface area is 208 Å². The number of methoxy groups -OCH3 is 2. The van der Waals surface area contributed by atoms with Crippen LogP contribution >= 0.6 is 0 Å². The molecule has 0 aromatic rings. The van der Waals surface area contributed by atoms with Crippen molar-refractivity contribution < 1.29 is 19.7 Å². The molecule has 3 fully saturated rings. The Bertz CT molecular complexity index is 781. The predicted octanol–water partition coefficient (Wildman–Crippen LogP) is 6.23. The molecule has 2 N–H and O–H groups in total. The van der Waals surface area contributed by atoms with Crippen molar-refractivity contribution in [2.45, 2.75) is 110 Å². The van der Waals surface area contributed by atoms with E-state index < -0.39 is 12.2 Å². The van der Waals surface area contributed by atoms with Crippen LogP contribution in [0.3, 0.4) is 0 Å². The molecule has 0 amide bonds. The summed E-state index contributed by atoms with van der Waals surface area (Å²) >= 11 is 0. The molecule has 3 aliphatic rings. The largest absolute Gasteiger partial charge is 0.393 e. The molecular weight excluding hydrogens is 424 g/mol. The molecule has 0 bridgehead atoms. The normalized spacial score (nSPS) is 37.6. The number of ether oxygens (including phenoxy) is 2. The molecule has 0 aromatic carbocycles. The monoisotopic (exact) mass is 474 g/mol. The van der Waals surface area contributed by atoms with Gasteiger partial charge in [0.1, 0.15) is 0 Å². The third-order valence-corrected chi connectivity index (χ3v) is 10.1. The number of hydrogen-bond donors (Lipinski definition) is 2. The molecule has 0 spiro atoms. The molecule has 0 saturated heterocycles. The van der Waals surface area contributed by atoms with E-state index in [0.29, 0.717) is 41.9 Å².